The van der Waals surface area contributed by atoms with E-state index in [1.807, 2.05) is 0 Å². The third kappa shape index (κ3) is 1.91. The van der Waals surface area contributed by atoms with Crippen LogP contribution in [0.25, 0.3) is 0 Å². The summed E-state index contributed by atoms with van der Waals surface area (Å²) >= 11 is 0. The number of likely N-dealkylation sites (tertiary alicyclic amines) is 1. The highest BCUT2D eigenvalue weighted by Crippen LogP contribution is 2.58. The second-order valence-corrected chi connectivity index (χ2v) is 6.76. The minimum absolute atomic E-state index is 0.446. The summed E-state index contributed by atoms with van der Waals surface area (Å²) in [5.41, 5.74) is 9.30. The molecule has 4 rings (SSSR count). The maximum Gasteiger partial charge on any atom is 0.191 e. The van der Waals surface area contributed by atoms with Crippen molar-refractivity contribution in [3.63, 3.8) is 0 Å². The first-order valence-electron chi connectivity index (χ1n) is 7.90. The van der Waals surface area contributed by atoms with Gasteiger partial charge in [-0.2, -0.15) is 0 Å². The molecule has 1 aromatic carbocycles. The summed E-state index contributed by atoms with van der Waals surface area (Å²) in [4.78, 5) is 7.14. The van der Waals surface area contributed by atoms with Crippen molar-refractivity contribution in [3.05, 3.63) is 35.4 Å². The Kier molecular flexibility index (Phi) is 2.76. The van der Waals surface area contributed by atoms with E-state index in [-0.39, 0.29) is 0 Å². The molecule has 3 nitrogen and oxygen atoms in total. The monoisotopic (exact) mass is 269 g/mol. The first-order valence-corrected chi connectivity index (χ1v) is 7.90. The van der Waals surface area contributed by atoms with E-state index in [0.717, 1.165) is 25.0 Å². The Morgan fingerprint density at radius 3 is 3.05 bits per heavy atom. The van der Waals surface area contributed by atoms with Gasteiger partial charge in [-0.3, -0.25) is 0 Å². The highest BCUT2D eigenvalue weighted by Gasteiger charge is 2.56. The molecular formula is C17H23N3. The molecule has 2 N–H and O–H groups in total. The maximum absolute atomic E-state index is 6.25. The van der Waals surface area contributed by atoms with Crippen molar-refractivity contribution in [1.29, 1.82) is 0 Å². The number of hydrogen-bond acceptors (Lipinski definition) is 1. The lowest BCUT2D eigenvalue weighted by atomic mass is 10.0. The lowest BCUT2D eigenvalue weighted by Gasteiger charge is -2.31. The second-order valence-electron chi connectivity index (χ2n) is 6.76. The lowest BCUT2D eigenvalue weighted by molar-refractivity contribution is 0.270. The van der Waals surface area contributed by atoms with E-state index in [4.69, 9.17) is 10.7 Å². The van der Waals surface area contributed by atoms with E-state index < -0.39 is 0 Å². The summed E-state index contributed by atoms with van der Waals surface area (Å²) in [7, 11) is 0. The number of aliphatic imine (C=N–C) groups is 1. The van der Waals surface area contributed by atoms with Gasteiger partial charge >= 0.3 is 0 Å². The summed E-state index contributed by atoms with van der Waals surface area (Å²) in [5.74, 6) is 2.89. The minimum atomic E-state index is 0.446. The van der Waals surface area contributed by atoms with Gasteiger partial charge in [-0.05, 0) is 42.2 Å². The molecule has 0 bridgehead atoms. The van der Waals surface area contributed by atoms with E-state index in [9.17, 15) is 0 Å². The predicted molar refractivity (Wildman–Crippen MR) is 81.8 cm³/mol. The van der Waals surface area contributed by atoms with Crippen LogP contribution in [0.1, 0.15) is 36.8 Å². The Morgan fingerprint density at radius 2 is 2.20 bits per heavy atom. The van der Waals surface area contributed by atoms with Crippen LogP contribution in [0.4, 0.5) is 0 Å². The molecule has 0 spiro atoms. The van der Waals surface area contributed by atoms with Crippen LogP contribution in [0, 0.1) is 11.8 Å². The highest BCUT2D eigenvalue weighted by atomic mass is 15.3. The van der Waals surface area contributed by atoms with Gasteiger partial charge in [0, 0.05) is 19.0 Å². The largest absolute Gasteiger partial charge is 0.370 e. The van der Waals surface area contributed by atoms with Gasteiger partial charge in [0.1, 0.15) is 0 Å². The topological polar surface area (TPSA) is 41.6 Å². The van der Waals surface area contributed by atoms with Gasteiger partial charge in [-0.25, -0.2) is 4.99 Å². The summed E-state index contributed by atoms with van der Waals surface area (Å²) in [6.45, 7) is 4.47. The van der Waals surface area contributed by atoms with Gasteiger partial charge in [0.05, 0.1) is 6.04 Å². The van der Waals surface area contributed by atoms with E-state index in [1.165, 1.54) is 30.4 Å². The van der Waals surface area contributed by atoms with Crippen LogP contribution in [0.5, 0.6) is 0 Å². The Bertz CT molecular complexity index is 551. The van der Waals surface area contributed by atoms with Crippen molar-refractivity contribution in [2.75, 3.05) is 13.1 Å². The number of guanidine groups is 1. The average molecular weight is 269 g/mol. The summed E-state index contributed by atoms with van der Waals surface area (Å²) in [6, 6.07) is 9.27. The number of fused-ring (bicyclic) bond motifs is 3. The molecule has 3 aliphatic rings. The molecule has 4 atom stereocenters. The van der Waals surface area contributed by atoms with Crippen molar-refractivity contribution < 1.29 is 0 Å². The Balaban J connectivity index is 1.48. The van der Waals surface area contributed by atoms with Gasteiger partial charge in [0.25, 0.3) is 0 Å². The van der Waals surface area contributed by atoms with Crippen molar-refractivity contribution in [1.82, 2.24) is 4.90 Å². The zero-order valence-electron chi connectivity index (χ0n) is 12.1. The van der Waals surface area contributed by atoms with Gasteiger partial charge in [0.15, 0.2) is 5.96 Å². The molecule has 0 aromatic heterocycles. The molecule has 4 unspecified atom stereocenters. The van der Waals surface area contributed by atoms with Crippen LogP contribution in [0.15, 0.2) is 29.3 Å². The molecule has 2 aliphatic carbocycles. The number of nitrogens with zero attached hydrogens (tertiary/aromatic N) is 2. The van der Waals surface area contributed by atoms with Crippen LogP contribution >= 0.6 is 0 Å². The predicted octanol–water partition coefficient (Wildman–Crippen LogP) is 2.37. The zero-order valence-corrected chi connectivity index (χ0v) is 12.1. The van der Waals surface area contributed by atoms with Crippen molar-refractivity contribution in [2.24, 2.45) is 22.6 Å². The molecule has 1 saturated heterocycles. The summed E-state index contributed by atoms with van der Waals surface area (Å²) < 4.78 is 0. The Morgan fingerprint density at radius 1 is 1.35 bits per heavy atom. The fourth-order valence-corrected chi connectivity index (χ4v) is 4.13. The Hall–Kier alpha value is -1.51. The van der Waals surface area contributed by atoms with Gasteiger partial charge in [-0.1, -0.05) is 31.2 Å². The van der Waals surface area contributed by atoms with Crippen molar-refractivity contribution in [2.45, 2.75) is 38.1 Å². The summed E-state index contributed by atoms with van der Waals surface area (Å²) in [6.07, 6.45) is 3.77. The van der Waals surface area contributed by atoms with Crippen LogP contribution in [-0.4, -0.2) is 30.0 Å². The quantitative estimate of drug-likeness (QED) is 0.628. The molecule has 3 heteroatoms. The number of nitrogens with two attached hydrogens (primary N) is 1. The molecule has 2 fully saturated rings. The SMILES string of the molecule is CC1CCCN(C(N)=NC2C3Cc4ccccc4C32)C1. The number of benzene rings is 1. The van der Waals surface area contributed by atoms with E-state index >= 15 is 0 Å². The number of rotatable bonds is 1. The molecule has 106 valence electrons. The second kappa shape index (κ2) is 4.51. The smallest absolute Gasteiger partial charge is 0.191 e. The summed E-state index contributed by atoms with van der Waals surface area (Å²) in [5, 5.41) is 0. The third-order valence-electron chi connectivity index (χ3n) is 5.26. The lowest BCUT2D eigenvalue weighted by Crippen LogP contribution is -2.43. The maximum atomic E-state index is 6.25. The number of hydrogen-bond donors (Lipinski definition) is 1. The first-order chi connectivity index (χ1) is 9.74. The fourth-order valence-electron chi connectivity index (χ4n) is 4.13. The van der Waals surface area contributed by atoms with Crippen LogP contribution < -0.4 is 5.73 Å². The molecule has 0 amide bonds. The molecule has 1 saturated carbocycles. The van der Waals surface area contributed by atoms with Crippen LogP contribution in [-0.2, 0) is 6.42 Å². The Labute approximate surface area is 120 Å². The van der Waals surface area contributed by atoms with Gasteiger partial charge in [0.2, 0.25) is 0 Å². The highest BCUT2D eigenvalue weighted by molar-refractivity contribution is 5.79. The minimum Gasteiger partial charge on any atom is -0.370 e. The van der Waals surface area contributed by atoms with Crippen molar-refractivity contribution in [3.8, 4) is 0 Å². The zero-order chi connectivity index (χ0) is 13.7. The molecule has 1 aliphatic heterocycles. The van der Waals surface area contributed by atoms with E-state index in [1.54, 1.807) is 0 Å². The van der Waals surface area contributed by atoms with Crippen LogP contribution in [0.2, 0.25) is 0 Å². The normalized spacial score (nSPS) is 35.6. The van der Waals surface area contributed by atoms with Crippen LogP contribution in [0.3, 0.4) is 0 Å². The van der Waals surface area contributed by atoms with Crippen molar-refractivity contribution >= 4 is 5.96 Å². The van der Waals surface area contributed by atoms with E-state index in [0.29, 0.717) is 17.9 Å². The van der Waals surface area contributed by atoms with E-state index in [2.05, 4.69) is 36.1 Å². The molecule has 1 heterocycles. The third-order valence-corrected chi connectivity index (χ3v) is 5.26. The molecular weight excluding hydrogens is 246 g/mol. The average Bonchev–Trinajstić information content (AvgIpc) is 2.96. The standard InChI is InChI=1S/C17H23N3/c1-11-5-4-8-20(10-11)17(18)19-16-14-9-12-6-2-3-7-13(12)15(14)16/h2-3,6-7,11,14-16H,4-5,8-10H2,1H3,(H2,18,19). The van der Waals surface area contributed by atoms with Gasteiger partial charge in [-0.15, -0.1) is 0 Å². The molecule has 20 heavy (non-hydrogen) atoms. The molecule has 0 radical (unpaired) electrons. The van der Waals surface area contributed by atoms with Gasteiger partial charge < -0.3 is 10.6 Å². The first kappa shape index (κ1) is 12.2. The molecule has 1 aromatic rings. The fraction of sp³-hybridized carbons (Fsp3) is 0.588. The number of piperidine rings is 1.